The number of carbonyl (C=O) groups is 2. The fourth-order valence-corrected chi connectivity index (χ4v) is 2.15. The van der Waals surface area contributed by atoms with Crippen molar-refractivity contribution in [1.29, 1.82) is 0 Å². The average molecular weight is 238 g/mol. The van der Waals surface area contributed by atoms with Crippen LogP contribution < -0.4 is 0 Å². The van der Waals surface area contributed by atoms with E-state index in [-0.39, 0.29) is 0 Å². The first-order chi connectivity index (χ1) is 8.20. The Balaban J connectivity index is 2.32. The number of carbonyl (C=O) groups excluding carboxylic acids is 2. The quantitative estimate of drug-likeness (QED) is 0.369. The highest BCUT2D eigenvalue weighted by molar-refractivity contribution is 6.12. The lowest BCUT2D eigenvalue weighted by Gasteiger charge is -2.01. The van der Waals surface area contributed by atoms with E-state index in [0.29, 0.717) is 24.0 Å². The average Bonchev–Trinajstić information content (AvgIpc) is 2.58. The van der Waals surface area contributed by atoms with Crippen LogP contribution in [0, 0.1) is 0 Å². The Morgan fingerprint density at radius 2 is 1.41 bits per heavy atom. The molecule has 0 aromatic rings. The number of cyclic esters (lactones) is 2. The van der Waals surface area contributed by atoms with Crippen LogP contribution in [0.3, 0.4) is 0 Å². The Morgan fingerprint density at radius 1 is 0.824 bits per heavy atom. The number of hydrogen-bond donors (Lipinski definition) is 0. The van der Waals surface area contributed by atoms with Gasteiger partial charge in [0.15, 0.2) is 0 Å². The molecule has 0 atom stereocenters. The van der Waals surface area contributed by atoms with Crippen LogP contribution in [0.5, 0.6) is 0 Å². The molecule has 0 bridgehead atoms. The Kier molecular flexibility index (Phi) is 5.95. The van der Waals surface area contributed by atoms with Crippen molar-refractivity contribution in [3.05, 3.63) is 11.1 Å². The first kappa shape index (κ1) is 13.9. The molecule has 1 rings (SSSR count). The molecule has 96 valence electrons. The van der Waals surface area contributed by atoms with E-state index >= 15 is 0 Å². The van der Waals surface area contributed by atoms with E-state index < -0.39 is 11.9 Å². The topological polar surface area (TPSA) is 43.4 Å². The van der Waals surface area contributed by atoms with Gasteiger partial charge < -0.3 is 4.74 Å². The molecule has 0 spiro atoms. The summed E-state index contributed by atoms with van der Waals surface area (Å²) in [6, 6.07) is 0. The highest BCUT2D eigenvalue weighted by atomic mass is 16.6. The zero-order valence-corrected chi connectivity index (χ0v) is 10.9. The molecule has 0 saturated carbocycles. The summed E-state index contributed by atoms with van der Waals surface area (Å²) >= 11 is 0. The van der Waals surface area contributed by atoms with Crippen LogP contribution in [0.4, 0.5) is 0 Å². The molecule has 0 aromatic heterocycles. The molecule has 0 aliphatic carbocycles. The SMILES string of the molecule is CCCCCCCCC1=C(CC)C(=O)OC1=O. The summed E-state index contributed by atoms with van der Waals surface area (Å²) in [4.78, 5) is 22.7. The number of rotatable bonds is 8. The summed E-state index contributed by atoms with van der Waals surface area (Å²) in [7, 11) is 0. The van der Waals surface area contributed by atoms with E-state index in [0.717, 1.165) is 12.8 Å². The van der Waals surface area contributed by atoms with Crippen molar-refractivity contribution < 1.29 is 14.3 Å². The van der Waals surface area contributed by atoms with Gasteiger partial charge in [0, 0.05) is 11.1 Å². The summed E-state index contributed by atoms with van der Waals surface area (Å²) in [6.07, 6.45) is 8.39. The van der Waals surface area contributed by atoms with Gasteiger partial charge in [-0.15, -0.1) is 0 Å². The van der Waals surface area contributed by atoms with Crippen LogP contribution in [0.1, 0.15) is 65.2 Å². The maximum absolute atomic E-state index is 11.4. The van der Waals surface area contributed by atoms with Crippen LogP contribution >= 0.6 is 0 Å². The highest BCUT2D eigenvalue weighted by Gasteiger charge is 2.30. The maximum Gasteiger partial charge on any atom is 0.342 e. The van der Waals surface area contributed by atoms with Crippen molar-refractivity contribution in [2.75, 3.05) is 0 Å². The van der Waals surface area contributed by atoms with Crippen LogP contribution in [0.2, 0.25) is 0 Å². The van der Waals surface area contributed by atoms with Gasteiger partial charge in [0.05, 0.1) is 0 Å². The summed E-state index contributed by atoms with van der Waals surface area (Å²) in [5.74, 6) is -0.848. The Labute approximate surface area is 103 Å². The standard InChI is InChI=1S/C14H22O3/c1-3-5-6-7-8-9-10-12-11(4-2)13(15)17-14(12)16/h3-10H2,1-2H3. The molecule has 0 unspecified atom stereocenters. The predicted octanol–water partition coefficient (Wildman–Crippen LogP) is 3.53. The van der Waals surface area contributed by atoms with Crippen LogP contribution in [0.25, 0.3) is 0 Å². The van der Waals surface area contributed by atoms with Crippen LogP contribution in [-0.2, 0) is 14.3 Å². The molecular weight excluding hydrogens is 216 g/mol. The molecule has 0 N–H and O–H groups in total. The molecule has 0 fully saturated rings. The van der Waals surface area contributed by atoms with E-state index in [1.165, 1.54) is 25.7 Å². The first-order valence-electron chi connectivity index (χ1n) is 6.69. The predicted molar refractivity (Wildman–Crippen MR) is 66.4 cm³/mol. The smallest absolute Gasteiger partial charge is 0.342 e. The van der Waals surface area contributed by atoms with Gasteiger partial charge in [0.2, 0.25) is 0 Å². The number of hydrogen-bond acceptors (Lipinski definition) is 3. The van der Waals surface area contributed by atoms with E-state index in [9.17, 15) is 9.59 Å². The lowest BCUT2D eigenvalue weighted by Crippen LogP contribution is -2.02. The Morgan fingerprint density at radius 3 is 2.06 bits per heavy atom. The van der Waals surface area contributed by atoms with Gasteiger partial charge >= 0.3 is 11.9 Å². The molecule has 1 aliphatic heterocycles. The zero-order chi connectivity index (χ0) is 12.7. The van der Waals surface area contributed by atoms with E-state index in [1.54, 1.807) is 0 Å². The molecule has 1 aliphatic rings. The fraction of sp³-hybridized carbons (Fsp3) is 0.714. The Hall–Kier alpha value is -1.12. The second kappa shape index (κ2) is 7.25. The van der Waals surface area contributed by atoms with Crippen molar-refractivity contribution in [2.24, 2.45) is 0 Å². The third kappa shape index (κ3) is 3.99. The highest BCUT2D eigenvalue weighted by Crippen LogP contribution is 2.25. The van der Waals surface area contributed by atoms with Crippen molar-refractivity contribution in [2.45, 2.75) is 65.2 Å². The molecule has 0 saturated heterocycles. The monoisotopic (exact) mass is 238 g/mol. The lowest BCUT2D eigenvalue weighted by molar-refractivity contribution is -0.151. The van der Waals surface area contributed by atoms with E-state index in [1.807, 2.05) is 6.92 Å². The molecule has 0 amide bonds. The van der Waals surface area contributed by atoms with Crippen LogP contribution in [-0.4, -0.2) is 11.9 Å². The third-order valence-electron chi connectivity index (χ3n) is 3.18. The fourth-order valence-electron chi connectivity index (χ4n) is 2.15. The van der Waals surface area contributed by atoms with Crippen molar-refractivity contribution in [3.63, 3.8) is 0 Å². The van der Waals surface area contributed by atoms with Gasteiger partial charge in [-0.05, 0) is 19.3 Å². The molecule has 1 heterocycles. The number of esters is 2. The Bertz CT molecular complexity index is 315. The summed E-state index contributed by atoms with van der Waals surface area (Å²) in [5, 5.41) is 0. The van der Waals surface area contributed by atoms with Crippen molar-refractivity contribution >= 4 is 11.9 Å². The summed E-state index contributed by atoms with van der Waals surface area (Å²) < 4.78 is 4.62. The van der Waals surface area contributed by atoms with Crippen LogP contribution in [0.15, 0.2) is 11.1 Å². The molecule has 3 nitrogen and oxygen atoms in total. The van der Waals surface area contributed by atoms with E-state index in [2.05, 4.69) is 11.7 Å². The minimum atomic E-state index is -0.432. The lowest BCUT2D eigenvalue weighted by atomic mass is 10.0. The number of unbranched alkanes of at least 4 members (excludes halogenated alkanes) is 5. The molecule has 0 aromatic carbocycles. The van der Waals surface area contributed by atoms with Gasteiger partial charge in [-0.3, -0.25) is 0 Å². The van der Waals surface area contributed by atoms with Gasteiger partial charge in [0.1, 0.15) is 0 Å². The van der Waals surface area contributed by atoms with Gasteiger partial charge in [-0.25, -0.2) is 9.59 Å². The second-order valence-electron chi connectivity index (χ2n) is 4.51. The largest absolute Gasteiger partial charge is 0.386 e. The molecule has 3 heteroatoms. The van der Waals surface area contributed by atoms with Gasteiger partial charge in [-0.1, -0.05) is 46.0 Å². The second-order valence-corrected chi connectivity index (χ2v) is 4.51. The van der Waals surface area contributed by atoms with Gasteiger partial charge in [-0.2, -0.15) is 0 Å². The zero-order valence-electron chi connectivity index (χ0n) is 10.9. The maximum atomic E-state index is 11.4. The number of ether oxygens (including phenoxy) is 1. The summed E-state index contributed by atoms with van der Waals surface area (Å²) in [5.41, 5.74) is 1.21. The molecule has 17 heavy (non-hydrogen) atoms. The minimum absolute atomic E-state index is 0.416. The normalized spacial score (nSPS) is 15.6. The third-order valence-corrected chi connectivity index (χ3v) is 3.18. The van der Waals surface area contributed by atoms with Crippen molar-refractivity contribution in [1.82, 2.24) is 0 Å². The summed E-state index contributed by atoms with van der Waals surface area (Å²) in [6.45, 7) is 4.08. The molecule has 0 radical (unpaired) electrons. The molecular formula is C14H22O3. The van der Waals surface area contributed by atoms with E-state index in [4.69, 9.17) is 0 Å². The first-order valence-corrected chi connectivity index (χ1v) is 6.69. The minimum Gasteiger partial charge on any atom is -0.386 e. The van der Waals surface area contributed by atoms with Gasteiger partial charge in [0.25, 0.3) is 0 Å². The van der Waals surface area contributed by atoms with Crippen molar-refractivity contribution in [3.8, 4) is 0 Å².